The third-order valence-corrected chi connectivity index (χ3v) is 2.74. The summed E-state index contributed by atoms with van der Waals surface area (Å²) < 4.78 is 0. The number of rotatable bonds is 2. The summed E-state index contributed by atoms with van der Waals surface area (Å²) in [6, 6.07) is 13.2. The molecule has 0 spiro atoms. The van der Waals surface area contributed by atoms with Crippen molar-refractivity contribution in [3.63, 3.8) is 0 Å². The highest BCUT2D eigenvalue weighted by molar-refractivity contribution is 7.80. The van der Waals surface area contributed by atoms with E-state index in [1.54, 1.807) is 0 Å². The van der Waals surface area contributed by atoms with Crippen molar-refractivity contribution in [2.45, 2.75) is 12.2 Å². The number of thiol groups is 1. The number of hydrogen-bond acceptors (Lipinski definition) is 2. The van der Waals surface area contributed by atoms with E-state index in [2.05, 4.69) is 17.6 Å². The quantitative estimate of drug-likeness (QED) is 0.765. The molecule has 16 heavy (non-hydrogen) atoms. The molecule has 1 N–H and O–H groups in total. The summed E-state index contributed by atoms with van der Waals surface area (Å²) in [6.45, 7) is 1.99. The highest BCUT2D eigenvalue weighted by atomic mass is 32.1. The second kappa shape index (κ2) is 4.58. The summed E-state index contributed by atoms with van der Waals surface area (Å²) in [7, 11) is 0. The van der Waals surface area contributed by atoms with E-state index in [0.717, 1.165) is 16.8 Å². The molecular formula is C13H13NOS. The van der Waals surface area contributed by atoms with Crippen molar-refractivity contribution in [2.24, 2.45) is 0 Å². The first-order chi connectivity index (χ1) is 7.68. The monoisotopic (exact) mass is 231 g/mol. The van der Waals surface area contributed by atoms with Crippen LogP contribution in [0, 0.1) is 0 Å². The Morgan fingerprint density at radius 2 is 1.81 bits per heavy atom. The first-order valence-electron chi connectivity index (χ1n) is 5.15. The van der Waals surface area contributed by atoms with Gasteiger partial charge in [-0.1, -0.05) is 36.4 Å². The summed E-state index contributed by atoms with van der Waals surface area (Å²) in [6.07, 6.45) is 0. The molecule has 0 amide bonds. The molecule has 3 heteroatoms. The van der Waals surface area contributed by atoms with Gasteiger partial charge in [-0.3, -0.25) is 4.79 Å². The van der Waals surface area contributed by atoms with Crippen molar-refractivity contribution < 1.29 is 0 Å². The Morgan fingerprint density at radius 3 is 2.44 bits per heavy atom. The highest BCUT2D eigenvalue weighted by Gasteiger charge is 2.09. The molecule has 0 aliphatic carbocycles. The van der Waals surface area contributed by atoms with Crippen molar-refractivity contribution in [3.8, 4) is 11.3 Å². The van der Waals surface area contributed by atoms with Gasteiger partial charge in [-0.05, 0) is 18.1 Å². The zero-order valence-corrected chi connectivity index (χ0v) is 9.87. The van der Waals surface area contributed by atoms with Crippen LogP contribution in [0.3, 0.4) is 0 Å². The smallest absolute Gasteiger partial charge is 0.248 e. The zero-order valence-electron chi connectivity index (χ0n) is 8.97. The third-order valence-electron chi connectivity index (χ3n) is 2.46. The Kier molecular flexibility index (Phi) is 3.15. The van der Waals surface area contributed by atoms with E-state index in [1.807, 2.05) is 43.3 Å². The van der Waals surface area contributed by atoms with Crippen molar-refractivity contribution in [1.29, 1.82) is 0 Å². The molecule has 0 aliphatic rings. The van der Waals surface area contributed by atoms with Crippen LogP contribution in [0.2, 0.25) is 0 Å². The molecule has 0 bridgehead atoms. The molecule has 0 fully saturated rings. The summed E-state index contributed by atoms with van der Waals surface area (Å²) >= 11 is 4.42. The maximum Gasteiger partial charge on any atom is 0.248 e. The molecule has 82 valence electrons. The van der Waals surface area contributed by atoms with Crippen LogP contribution in [0.5, 0.6) is 0 Å². The van der Waals surface area contributed by atoms with Gasteiger partial charge in [0.25, 0.3) is 0 Å². The predicted molar refractivity (Wildman–Crippen MR) is 69.9 cm³/mol. The van der Waals surface area contributed by atoms with Crippen molar-refractivity contribution >= 4 is 12.6 Å². The topological polar surface area (TPSA) is 32.9 Å². The van der Waals surface area contributed by atoms with Crippen LogP contribution in [0.1, 0.15) is 17.7 Å². The Balaban J connectivity index is 2.63. The fourth-order valence-corrected chi connectivity index (χ4v) is 1.89. The molecule has 0 radical (unpaired) electrons. The first-order valence-corrected chi connectivity index (χ1v) is 5.67. The summed E-state index contributed by atoms with van der Waals surface area (Å²) in [4.78, 5) is 14.2. The lowest BCUT2D eigenvalue weighted by Crippen LogP contribution is -2.07. The van der Waals surface area contributed by atoms with Crippen LogP contribution < -0.4 is 5.56 Å². The fraction of sp³-hybridized carbons (Fsp3) is 0.154. The lowest BCUT2D eigenvalue weighted by molar-refractivity contribution is 1.07. The Hall–Kier alpha value is -1.48. The van der Waals surface area contributed by atoms with Crippen LogP contribution in [-0.4, -0.2) is 4.98 Å². The molecular weight excluding hydrogens is 218 g/mol. The molecule has 0 saturated heterocycles. The van der Waals surface area contributed by atoms with Gasteiger partial charge in [-0.15, -0.1) is 0 Å². The number of aromatic nitrogens is 1. The molecule has 1 unspecified atom stereocenters. The molecule has 0 aliphatic heterocycles. The SMILES string of the molecule is CC(S)c1ccc(=O)[nH]c1-c1ccccc1. The number of H-pyrrole nitrogens is 1. The van der Waals surface area contributed by atoms with E-state index in [0.29, 0.717) is 0 Å². The van der Waals surface area contributed by atoms with E-state index in [9.17, 15) is 4.79 Å². The van der Waals surface area contributed by atoms with Crippen LogP contribution in [0.4, 0.5) is 0 Å². The van der Waals surface area contributed by atoms with Gasteiger partial charge in [-0.2, -0.15) is 12.6 Å². The maximum absolute atomic E-state index is 11.4. The molecule has 1 aromatic carbocycles. The van der Waals surface area contributed by atoms with E-state index < -0.39 is 0 Å². The van der Waals surface area contributed by atoms with Gasteiger partial charge in [0.05, 0.1) is 5.69 Å². The average molecular weight is 231 g/mol. The maximum atomic E-state index is 11.4. The Morgan fingerprint density at radius 1 is 1.12 bits per heavy atom. The molecule has 2 rings (SSSR count). The van der Waals surface area contributed by atoms with Crippen molar-refractivity contribution in [3.05, 3.63) is 58.4 Å². The molecule has 1 aromatic heterocycles. The molecule has 2 aromatic rings. The van der Waals surface area contributed by atoms with Crippen LogP contribution in [0.15, 0.2) is 47.3 Å². The second-order valence-electron chi connectivity index (χ2n) is 3.69. The van der Waals surface area contributed by atoms with E-state index in [1.165, 1.54) is 6.07 Å². The van der Waals surface area contributed by atoms with Gasteiger partial charge in [0.2, 0.25) is 5.56 Å². The number of hydrogen-bond donors (Lipinski definition) is 2. The fourth-order valence-electron chi connectivity index (χ4n) is 1.68. The van der Waals surface area contributed by atoms with Gasteiger partial charge in [0.15, 0.2) is 0 Å². The van der Waals surface area contributed by atoms with Gasteiger partial charge in [0, 0.05) is 11.3 Å². The number of benzene rings is 1. The van der Waals surface area contributed by atoms with Gasteiger partial charge < -0.3 is 4.98 Å². The minimum Gasteiger partial charge on any atom is -0.322 e. The lowest BCUT2D eigenvalue weighted by Gasteiger charge is -2.11. The van der Waals surface area contributed by atoms with Crippen LogP contribution >= 0.6 is 12.6 Å². The van der Waals surface area contributed by atoms with Crippen LogP contribution in [-0.2, 0) is 0 Å². The number of nitrogens with one attached hydrogen (secondary N) is 1. The van der Waals surface area contributed by atoms with E-state index in [-0.39, 0.29) is 10.8 Å². The van der Waals surface area contributed by atoms with Crippen molar-refractivity contribution in [2.75, 3.05) is 0 Å². The molecule has 0 saturated carbocycles. The zero-order chi connectivity index (χ0) is 11.5. The number of pyridine rings is 1. The lowest BCUT2D eigenvalue weighted by atomic mass is 10.0. The number of aromatic amines is 1. The van der Waals surface area contributed by atoms with Gasteiger partial charge in [-0.25, -0.2) is 0 Å². The first kappa shape index (κ1) is 11.0. The molecule has 1 atom stereocenters. The molecule has 2 nitrogen and oxygen atoms in total. The average Bonchev–Trinajstić information content (AvgIpc) is 2.29. The summed E-state index contributed by atoms with van der Waals surface area (Å²) in [5, 5.41) is 0.0899. The third kappa shape index (κ3) is 2.19. The molecule has 1 heterocycles. The standard InChI is InChI=1S/C13H13NOS/c1-9(16)11-7-8-12(15)14-13(11)10-5-3-2-4-6-10/h2-9,16H,1H3,(H,14,15). The normalized spacial score (nSPS) is 12.4. The van der Waals surface area contributed by atoms with Gasteiger partial charge in [0.1, 0.15) is 0 Å². The van der Waals surface area contributed by atoms with Crippen LogP contribution in [0.25, 0.3) is 11.3 Å². The summed E-state index contributed by atoms with van der Waals surface area (Å²) in [5.74, 6) is 0. The largest absolute Gasteiger partial charge is 0.322 e. The van der Waals surface area contributed by atoms with Gasteiger partial charge >= 0.3 is 0 Å². The Bertz CT molecular complexity index is 531. The highest BCUT2D eigenvalue weighted by Crippen LogP contribution is 2.27. The summed E-state index contributed by atoms with van der Waals surface area (Å²) in [5.41, 5.74) is 2.82. The predicted octanol–water partition coefficient (Wildman–Crippen LogP) is 3.03. The Labute approximate surface area is 99.8 Å². The van der Waals surface area contributed by atoms with E-state index in [4.69, 9.17) is 0 Å². The minimum atomic E-state index is -0.0865. The van der Waals surface area contributed by atoms with E-state index >= 15 is 0 Å². The minimum absolute atomic E-state index is 0.0865. The second-order valence-corrected chi connectivity index (χ2v) is 4.47. The van der Waals surface area contributed by atoms with Crippen molar-refractivity contribution in [1.82, 2.24) is 4.98 Å².